The Balaban J connectivity index is 2.09. The maximum atomic E-state index is 14.2. The molecule has 1 aliphatic rings. The quantitative estimate of drug-likeness (QED) is 0.909. The molecule has 94 valence electrons. The predicted octanol–water partition coefficient (Wildman–Crippen LogP) is 3.11. The van der Waals surface area contributed by atoms with Crippen LogP contribution in [0.5, 0.6) is 0 Å². The Morgan fingerprint density at radius 1 is 1.35 bits per heavy atom. The molecule has 1 fully saturated rings. The first-order valence-electron chi connectivity index (χ1n) is 6.02. The van der Waals surface area contributed by atoms with Crippen LogP contribution in [0.1, 0.15) is 19.3 Å². The smallest absolute Gasteiger partial charge is 0.124 e. The monoisotopic (exact) mass is 300 g/mol. The van der Waals surface area contributed by atoms with Crippen molar-refractivity contribution in [3.05, 3.63) is 28.7 Å². The molecule has 1 saturated heterocycles. The highest BCUT2D eigenvalue weighted by Gasteiger charge is 2.30. The maximum Gasteiger partial charge on any atom is 0.124 e. The third kappa shape index (κ3) is 3.19. The maximum absolute atomic E-state index is 14.2. The molecule has 1 heterocycles. The third-order valence-electron chi connectivity index (χ3n) is 3.42. The molecule has 1 aromatic rings. The normalized spacial score (nSPS) is 25.7. The molecule has 0 spiro atoms. The summed E-state index contributed by atoms with van der Waals surface area (Å²) in [5.74, 6) is 0. The largest absolute Gasteiger partial charge is 0.371 e. The van der Waals surface area contributed by atoms with E-state index < -0.39 is 5.67 Å². The van der Waals surface area contributed by atoms with E-state index in [0.717, 1.165) is 29.7 Å². The van der Waals surface area contributed by atoms with Gasteiger partial charge in [0.05, 0.1) is 0 Å². The average Bonchev–Trinajstić information content (AvgIpc) is 2.52. The molecule has 2 N–H and O–H groups in total. The molecule has 1 aromatic carbocycles. The number of nitrogens with two attached hydrogens (primary N) is 1. The van der Waals surface area contributed by atoms with Crippen LogP contribution in [0.3, 0.4) is 0 Å². The number of hydrogen-bond donors (Lipinski definition) is 1. The van der Waals surface area contributed by atoms with Crippen molar-refractivity contribution in [2.24, 2.45) is 5.73 Å². The van der Waals surface area contributed by atoms with E-state index in [0.29, 0.717) is 12.8 Å². The summed E-state index contributed by atoms with van der Waals surface area (Å²) in [4.78, 5) is 2.24. The summed E-state index contributed by atoms with van der Waals surface area (Å²) in [5.41, 5.74) is 5.50. The van der Waals surface area contributed by atoms with Gasteiger partial charge >= 0.3 is 0 Å². The Kier molecular flexibility index (Phi) is 4.05. The molecule has 0 aromatic heterocycles. The van der Waals surface area contributed by atoms with Crippen LogP contribution < -0.4 is 10.6 Å². The van der Waals surface area contributed by atoms with Crippen LogP contribution in [0.15, 0.2) is 28.7 Å². The van der Waals surface area contributed by atoms with Gasteiger partial charge in [-0.3, -0.25) is 0 Å². The fourth-order valence-electron chi connectivity index (χ4n) is 2.29. The molecule has 2 rings (SSSR count). The van der Waals surface area contributed by atoms with Crippen LogP contribution in [-0.2, 0) is 0 Å². The van der Waals surface area contributed by atoms with Crippen molar-refractivity contribution in [2.75, 3.05) is 24.5 Å². The zero-order valence-corrected chi connectivity index (χ0v) is 11.4. The van der Waals surface area contributed by atoms with Gasteiger partial charge in [0, 0.05) is 36.2 Å². The zero-order valence-electron chi connectivity index (χ0n) is 9.83. The van der Waals surface area contributed by atoms with Crippen LogP contribution >= 0.6 is 15.9 Å². The topological polar surface area (TPSA) is 29.3 Å². The van der Waals surface area contributed by atoms with Crippen molar-refractivity contribution in [3.8, 4) is 0 Å². The first kappa shape index (κ1) is 12.8. The lowest BCUT2D eigenvalue weighted by Crippen LogP contribution is -2.34. The summed E-state index contributed by atoms with van der Waals surface area (Å²) in [6, 6.07) is 8.16. The van der Waals surface area contributed by atoms with E-state index in [-0.39, 0.29) is 6.54 Å². The van der Waals surface area contributed by atoms with Gasteiger partial charge in [-0.25, -0.2) is 4.39 Å². The minimum absolute atomic E-state index is 0.138. The van der Waals surface area contributed by atoms with E-state index in [2.05, 4.69) is 33.0 Å². The Labute approximate surface area is 110 Å². The van der Waals surface area contributed by atoms with Gasteiger partial charge in [0.1, 0.15) is 5.67 Å². The van der Waals surface area contributed by atoms with E-state index in [1.807, 2.05) is 12.1 Å². The van der Waals surface area contributed by atoms with E-state index in [9.17, 15) is 4.39 Å². The summed E-state index contributed by atoms with van der Waals surface area (Å²) < 4.78 is 15.2. The molecule has 1 atom stereocenters. The van der Waals surface area contributed by atoms with Crippen LogP contribution in [0.4, 0.5) is 10.1 Å². The van der Waals surface area contributed by atoms with Crippen LogP contribution in [0.2, 0.25) is 0 Å². The van der Waals surface area contributed by atoms with Crippen molar-refractivity contribution in [1.82, 2.24) is 0 Å². The van der Waals surface area contributed by atoms with Gasteiger partial charge in [-0.05, 0) is 31.0 Å². The second-order valence-corrected chi connectivity index (χ2v) is 5.59. The molecule has 0 radical (unpaired) electrons. The number of alkyl halides is 1. The Morgan fingerprint density at radius 2 is 2.18 bits per heavy atom. The molecular weight excluding hydrogens is 283 g/mol. The zero-order chi connectivity index (χ0) is 12.3. The van der Waals surface area contributed by atoms with Crippen molar-refractivity contribution >= 4 is 21.6 Å². The highest BCUT2D eigenvalue weighted by molar-refractivity contribution is 9.10. The van der Waals surface area contributed by atoms with E-state index in [4.69, 9.17) is 5.73 Å². The average molecular weight is 301 g/mol. The number of anilines is 1. The molecular formula is C13H18BrFN2. The summed E-state index contributed by atoms with van der Waals surface area (Å²) in [6.45, 7) is 1.78. The molecule has 1 unspecified atom stereocenters. The van der Waals surface area contributed by atoms with Crippen molar-refractivity contribution < 1.29 is 4.39 Å². The van der Waals surface area contributed by atoms with E-state index in [1.54, 1.807) is 0 Å². The van der Waals surface area contributed by atoms with Crippen LogP contribution in [0.25, 0.3) is 0 Å². The molecule has 1 aliphatic heterocycles. The fourth-order valence-corrected chi connectivity index (χ4v) is 2.68. The van der Waals surface area contributed by atoms with Gasteiger partial charge < -0.3 is 10.6 Å². The molecule has 0 saturated carbocycles. The van der Waals surface area contributed by atoms with Crippen molar-refractivity contribution in [1.29, 1.82) is 0 Å². The molecule has 2 nitrogen and oxygen atoms in total. The SMILES string of the molecule is NCC1(F)CCCN(c2cccc(Br)c2)CC1. The van der Waals surface area contributed by atoms with Crippen molar-refractivity contribution in [2.45, 2.75) is 24.9 Å². The first-order valence-corrected chi connectivity index (χ1v) is 6.82. The minimum Gasteiger partial charge on any atom is -0.371 e. The van der Waals surface area contributed by atoms with Gasteiger partial charge in [0.2, 0.25) is 0 Å². The Hall–Kier alpha value is -0.610. The summed E-state index contributed by atoms with van der Waals surface area (Å²) in [5, 5.41) is 0. The molecule has 0 bridgehead atoms. The van der Waals surface area contributed by atoms with Gasteiger partial charge in [-0.1, -0.05) is 22.0 Å². The molecule has 0 aliphatic carbocycles. The molecule has 0 amide bonds. The fraction of sp³-hybridized carbons (Fsp3) is 0.538. The summed E-state index contributed by atoms with van der Waals surface area (Å²) in [6.07, 6.45) is 1.96. The first-order chi connectivity index (χ1) is 8.13. The molecule has 17 heavy (non-hydrogen) atoms. The van der Waals surface area contributed by atoms with Gasteiger partial charge in [-0.2, -0.15) is 0 Å². The number of rotatable bonds is 2. The lowest BCUT2D eigenvalue weighted by Gasteiger charge is -2.24. The van der Waals surface area contributed by atoms with Crippen LogP contribution in [-0.4, -0.2) is 25.3 Å². The minimum atomic E-state index is -1.17. The van der Waals surface area contributed by atoms with Gasteiger partial charge in [0.15, 0.2) is 0 Å². The lowest BCUT2D eigenvalue weighted by atomic mass is 9.97. The second-order valence-electron chi connectivity index (χ2n) is 4.68. The summed E-state index contributed by atoms with van der Waals surface area (Å²) >= 11 is 3.46. The van der Waals surface area contributed by atoms with Crippen LogP contribution in [0, 0.1) is 0 Å². The lowest BCUT2D eigenvalue weighted by molar-refractivity contribution is 0.155. The molecule has 4 heteroatoms. The summed E-state index contributed by atoms with van der Waals surface area (Å²) in [7, 11) is 0. The Morgan fingerprint density at radius 3 is 2.88 bits per heavy atom. The Bertz CT molecular complexity index is 385. The van der Waals surface area contributed by atoms with Gasteiger partial charge in [-0.15, -0.1) is 0 Å². The van der Waals surface area contributed by atoms with E-state index >= 15 is 0 Å². The number of nitrogens with zero attached hydrogens (tertiary/aromatic N) is 1. The van der Waals surface area contributed by atoms with Crippen molar-refractivity contribution in [3.63, 3.8) is 0 Å². The van der Waals surface area contributed by atoms with E-state index in [1.165, 1.54) is 0 Å². The second kappa shape index (κ2) is 5.36. The third-order valence-corrected chi connectivity index (χ3v) is 3.92. The van der Waals surface area contributed by atoms with Gasteiger partial charge in [0.25, 0.3) is 0 Å². The number of hydrogen-bond acceptors (Lipinski definition) is 2. The predicted molar refractivity (Wildman–Crippen MR) is 73.1 cm³/mol. The number of benzene rings is 1. The highest BCUT2D eigenvalue weighted by Crippen LogP contribution is 2.29. The highest BCUT2D eigenvalue weighted by atomic mass is 79.9. The number of halogens is 2. The standard InChI is InChI=1S/C13H18BrFN2/c14-11-3-1-4-12(9-11)17-7-2-5-13(15,10-16)6-8-17/h1,3-4,9H,2,5-8,10,16H2.